The van der Waals surface area contributed by atoms with Crippen LogP contribution < -0.4 is 0 Å². The molecule has 0 N–H and O–H groups in total. The monoisotopic (exact) mass is 336 g/mol. The van der Waals surface area contributed by atoms with Gasteiger partial charge in [0.15, 0.2) is 0 Å². The first-order chi connectivity index (χ1) is 8.86. The molecule has 0 radical (unpaired) electrons. The Kier molecular flexibility index (Phi) is 4.37. The Labute approximate surface area is 128 Å². The van der Waals surface area contributed by atoms with E-state index in [4.69, 9.17) is 11.6 Å². The van der Waals surface area contributed by atoms with Crippen molar-refractivity contribution < 1.29 is 0 Å². The van der Waals surface area contributed by atoms with Crippen molar-refractivity contribution in [2.45, 2.75) is 32.6 Å². The van der Waals surface area contributed by atoms with Crippen LogP contribution in [0.2, 0.25) is 5.02 Å². The highest BCUT2D eigenvalue weighted by molar-refractivity contribution is 9.10. The molecule has 0 amide bonds. The molecule has 0 aliphatic heterocycles. The summed E-state index contributed by atoms with van der Waals surface area (Å²) in [5.41, 5.74) is 4.00. The van der Waals surface area contributed by atoms with Gasteiger partial charge < -0.3 is 0 Å². The number of rotatable bonds is 2. The second-order valence-corrected chi connectivity index (χ2v) is 7.18. The molecule has 0 heterocycles. The summed E-state index contributed by atoms with van der Waals surface area (Å²) in [7, 11) is 0. The zero-order valence-corrected chi connectivity index (χ0v) is 13.8. The minimum absolute atomic E-state index is 0.200. The molecule has 0 fully saturated rings. The first-order valence-electron chi connectivity index (χ1n) is 6.39. The van der Waals surface area contributed by atoms with Crippen molar-refractivity contribution in [2.24, 2.45) is 0 Å². The Hall–Kier alpha value is -0.790. The Bertz CT molecular complexity index is 565. The zero-order chi connectivity index (χ0) is 14.0. The molecule has 0 atom stereocenters. The molecule has 0 saturated carbocycles. The van der Waals surface area contributed by atoms with Crippen LogP contribution in [0.3, 0.4) is 0 Å². The average Bonchev–Trinajstić information content (AvgIpc) is 2.33. The van der Waals surface area contributed by atoms with Crippen LogP contribution >= 0.6 is 27.5 Å². The highest BCUT2D eigenvalue weighted by Gasteiger charge is 2.13. The van der Waals surface area contributed by atoms with Crippen LogP contribution in [0.25, 0.3) is 0 Å². The van der Waals surface area contributed by atoms with Crippen LogP contribution in [0.15, 0.2) is 46.9 Å². The van der Waals surface area contributed by atoms with Gasteiger partial charge in [0, 0.05) is 9.50 Å². The third kappa shape index (κ3) is 3.84. The van der Waals surface area contributed by atoms with Gasteiger partial charge in [-0.25, -0.2) is 0 Å². The molecule has 100 valence electrons. The van der Waals surface area contributed by atoms with Crippen LogP contribution in [0.4, 0.5) is 0 Å². The molecule has 0 saturated heterocycles. The summed E-state index contributed by atoms with van der Waals surface area (Å²) in [5, 5.41) is 0.822. The summed E-state index contributed by atoms with van der Waals surface area (Å²) in [5.74, 6) is 0. The van der Waals surface area contributed by atoms with Crippen LogP contribution in [0.1, 0.15) is 37.5 Å². The van der Waals surface area contributed by atoms with E-state index in [0.717, 1.165) is 21.5 Å². The lowest BCUT2D eigenvalue weighted by molar-refractivity contribution is 0.590. The molecule has 2 heteroatoms. The van der Waals surface area contributed by atoms with E-state index in [2.05, 4.69) is 67.0 Å². The molecule has 19 heavy (non-hydrogen) atoms. The predicted octanol–water partition coefficient (Wildman–Crippen LogP) is 5.99. The van der Waals surface area contributed by atoms with E-state index in [0.29, 0.717) is 0 Å². The summed E-state index contributed by atoms with van der Waals surface area (Å²) in [4.78, 5) is 0. The highest BCUT2D eigenvalue weighted by atomic mass is 79.9. The van der Waals surface area contributed by atoms with Crippen LogP contribution in [0.5, 0.6) is 0 Å². The van der Waals surface area contributed by atoms with Gasteiger partial charge in [-0.1, -0.05) is 72.6 Å². The van der Waals surface area contributed by atoms with Crippen molar-refractivity contribution in [3.8, 4) is 0 Å². The van der Waals surface area contributed by atoms with Gasteiger partial charge in [0.05, 0.1) is 0 Å². The normalized spacial score (nSPS) is 11.6. The van der Waals surface area contributed by atoms with Crippen molar-refractivity contribution in [1.82, 2.24) is 0 Å². The van der Waals surface area contributed by atoms with E-state index < -0.39 is 0 Å². The highest BCUT2D eigenvalue weighted by Crippen LogP contribution is 2.26. The van der Waals surface area contributed by atoms with E-state index in [1.165, 1.54) is 11.1 Å². The Morgan fingerprint density at radius 1 is 1.00 bits per heavy atom. The second kappa shape index (κ2) is 5.68. The van der Waals surface area contributed by atoms with Gasteiger partial charge >= 0.3 is 0 Å². The minimum Gasteiger partial charge on any atom is -0.0840 e. The molecule has 0 aliphatic carbocycles. The van der Waals surface area contributed by atoms with Gasteiger partial charge in [-0.05, 0) is 46.7 Å². The maximum Gasteiger partial charge on any atom is 0.0442 e. The molecule has 2 aromatic carbocycles. The van der Waals surface area contributed by atoms with Gasteiger partial charge in [0.2, 0.25) is 0 Å². The van der Waals surface area contributed by atoms with Gasteiger partial charge in [0.1, 0.15) is 0 Å². The van der Waals surface area contributed by atoms with Gasteiger partial charge in [-0.3, -0.25) is 0 Å². The number of halogens is 2. The Morgan fingerprint density at radius 3 is 2.21 bits per heavy atom. The van der Waals surface area contributed by atoms with E-state index >= 15 is 0 Å². The molecule has 0 unspecified atom stereocenters. The molecule has 2 aromatic rings. The average molecular weight is 338 g/mol. The lowest BCUT2D eigenvalue weighted by Crippen LogP contribution is -2.10. The van der Waals surface area contributed by atoms with Crippen LogP contribution in [-0.4, -0.2) is 0 Å². The van der Waals surface area contributed by atoms with Crippen molar-refractivity contribution in [1.29, 1.82) is 0 Å². The van der Waals surface area contributed by atoms with Crippen molar-refractivity contribution >= 4 is 27.5 Å². The van der Waals surface area contributed by atoms with Crippen molar-refractivity contribution in [3.05, 3.63) is 68.7 Å². The molecule has 0 spiro atoms. The van der Waals surface area contributed by atoms with Gasteiger partial charge in [-0.15, -0.1) is 0 Å². The first kappa shape index (κ1) is 14.6. The topological polar surface area (TPSA) is 0 Å². The molecule has 0 aromatic heterocycles. The fourth-order valence-electron chi connectivity index (χ4n) is 2.02. The number of hydrogen-bond donors (Lipinski definition) is 0. The van der Waals surface area contributed by atoms with Gasteiger partial charge in [0.25, 0.3) is 0 Å². The first-order valence-corrected chi connectivity index (χ1v) is 7.57. The van der Waals surface area contributed by atoms with Crippen LogP contribution in [0, 0.1) is 0 Å². The molecular formula is C17H18BrCl. The summed E-state index contributed by atoms with van der Waals surface area (Å²) in [6.45, 7) is 6.69. The summed E-state index contributed by atoms with van der Waals surface area (Å²) in [6, 6.07) is 14.8. The third-order valence-electron chi connectivity index (χ3n) is 3.22. The lowest BCUT2D eigenvalue weighted by atomic mass is 9.86. The quantitative estimate of drug-likeness (QED) is 0.631. The number of hydrogen-bond acceptors (Lipinski definition) is 0. The van der Waals surface area contributed by atoms with E-state index in [9.17, 15) is 0 Å². The fourth-order valence-corrected chi connectivity index (χ4v) is 2.61. The van der Waals surface area contributed by atoms with Gasteiger partial charge in [-0.2, -0.15) is 0 Å². The molecule has 2 rings (SSSR count). The Balaban J connectivity index is 2.22. The maximum atomic E-state index is 6.23. The molecular weight excluding hydrogens is 320 g/mol. The standard InChI is InChI=1S/C17H18BrCl/c1-17(2,3)14-6-4-12(5-7-14)10-13-11-15(18)8-9-16(13)19/h4-9,11H,10H2,1-3H3. The van der Waals surface area contributed by atoms with Crippen LogP contribution in [-0.2, 0) is 11.8 Å². The number of benzene rings is 2. The fraction of sp³-hybridized carbons (Fsp3) is 0.294. The SMILES string of the molecule is CC(C)(C)c1ccc(Cc2cc(Br)ccc2Cl)cc1. The molecule has 0 aliphatic rings. The summed E-state index contributed by atoms with van der Waals surface area (Å²) in [6.07, 6.45) is 0.864. The second-order valence-electron chi connectivity index (χ2n) is 5.86. The summed E-state index contributed by atoms with van der Waals surface area (Å²) < 4.78 is 1.07. The predicted molar refractivity (Wildman–Crippen MR) is 87.1 cm³/mol. The molecule has 0 nitrogen and oxygen atoms in total. The van der Waals surface area contributed by atoms with E-state index in [-0.39, 0.29) is 5.41 Å². The third-order valence-corrected chi connectivity index (χ3v) is 4.08. The van der Waals surface area contributed by atoms with Crippen molar-refractivity contribution in [3.63, 3.8) is 0 Å². The lowest BCUT2D eigenvalue weighted by Gasteiger charge is -2.19. The van der Waals surface area contributed by atoms with E-state index in [1.807, 2.05) is 12.1 Å². The zero-order valence-electron chi connectivity index (χ0n) is 11.5. The summed E-state index contributed by atoms with van der Waals surface area (Å²) >= 11 is 9.72. The smallest absolute Gasteiger partial charge is 0.0442 e. The largest absolute Gasteiger partial charge is 0.0840 e. The molecule has 0 bridgehead atoms. The van der Waals surface area contributed by atoms with Crippen molar-refractivity contribution in [2.75, 3.05) is 0 Å². The minimum atomic E-state index is 0.200. The maximum absolute atomic E-state index is 6.23. The van der Waals surface area contributed by atoms with E-state index in [1.54, 1.807) is 0 Å². The Morgan fingerprint density at radius 2 is 1.63 bits per heavy atom.